The van der Waals surface area contributed by atoms with Gasteiger partial charge in [0.1, 0.15) is 6.29 Å². The van der Waals surface area contributed by atoms with E-state index in [1.807, 2.05) is 0 Å². The fraction of sp³-hybridized carbons (Fsp3) is 0.200. The van der Waals surface area contributed by atoms with E-state index < -0.39 is 0 Å². The van der Waals surface area contributed by atoms with Gasteiger partial charge in [-0.1, -0.05) is 5.59 Å². The molecule has 0 spiro atoms. The Kier molecular flexibility index (Phi) is 2.75. The van der Waals surface area contributed by atoms with Crippen LogP contribution in [0, 0.1) is 5.25 Å². The predicted molar refractivity (Wildman–Crippen MR) is 41.5 cm³/mol. The minimum Gasteiger partial charge on any atom is -0.390 e. The van der Waals surface area contributed by atoms with E-state index in [9.17, 15) is 4.79 Å². The van der Waals surface area contributed by atoms with Gasteiger partial charge in [-0.3, -0.25) is 5.01 Å². The second kappa shape index (κ2) is 3.61. The second-order valence-electron chi connectivity index (χ2n) is 1.84. The number of rotatable bonds is 3. The lowest BCUT2D eigenvalue weighted by atomic mass is 10.4. The zero-order valence-electron chi connectivity index (χ0n) is 5.65. The minimum atomic E-state index is 0.230. The van der Waals surface area contributed by atoms with Crippen LogP contribution in [0.5, 0.6) is 0 Å². The Morgan fingerprint density at radius 1 is 2.00 bits per heavy atom. The Hall–Kier alpha value is -0.720. The standard InChI is InChI=1S/C5H8N3O2S/c6-3-8-1-4(10-7-8)5(11)2-9/h1-2,7,11H,3,6H2. The Morgan fingerprint density at radius 3 is 3.18 bits per heavy atom. The van der Waals surface area contributed by atoms with Crippen molar-refractivity contribution in [3.63, 3.8) is 0 Å². The first kappa shape index (κ1) is 8.38. The lowest BCUT2D eigenvalue weighted by molar-refractivity contribution is -0.105. The molecule has 5 nitrogen and oxygen atoms in total. The molecule has 0 saturated heterocycles. The molecule has 0 aliphatic carbocycles. The van der Waals surface area contributed by atoms with Gasteiger partial charge in [0, 0.05) is 0 Å². The summed E-state index contributed by atoms with van der Waals surface area (Å²) < 4.78 is 0. The molecule has 0 aromatic heterocycles. The van der Waals surface area contributed by atoms with Crippen LogP contribution in [0.25, 0.3) is 0 Å². The minimum absolute atomic E-state index is 0.230. The van der Waals surface area contributed by atoms with E-state index in [-0.39, 0.29) is 11.9 Å². The van der Waals surface area contributed by atoms with Gasteiger partial charge >= 0.3 is 0 Å². The summed E-state index contributed by atoms with van der Waals surface area (Å²) in [5, 5.41) is 1.71. The van der Waals surface area contributed by atoms with Crippen LogP contribution in [0.1, 0.15) is 0 Å². The van der Waals surface area contributed by atoms with Crippen LogP contribution in [0.2, 0.25) is 0 Å². The molecule has 1 rings (SSSR count). The van der Waals surface area contributed by atoms with Crippen molar-refractivity contribution in [1.29, 1.82) is 0 Å². The molecular formula is C5H8N3O2S. The average molecular weight is 174 g/mol. The van der Waals surface area contributed by atoms with Crippen LogP contribution in [0.3, 0.4) is 0 Å². The fourth-order valence-electron chi connectivity index (χ4n) is 0.569. The van der Waals surface area contributed by atoms with Crippen molar-refractivity contribution in [3.8, 4) is 0 Å². The normalized spacial score (nSPS) is 16.6. The van der Waals surface area contributed by atoms with Crippen molar-refractivity contribution in [2.45, 2.75) is 0 Å². The summed E-state index contributed by atoms with van der Waals surface area (Å²) >= 11 is 3.85. The number of hydrogen-bond donors (Lipinski definition) is 3. The highest BCUT2D eigenvalue weighted by Gasteiger charge is 2.19. The molecule has 0 amide bonds. The zero-order valence-corrected chi connectivity index (χ0v) is 6.54. The van der Waals surface area contributed by atoms with Gasteiger partial charge in [-0.15, -0.1) is 0 Å². The topological polar surface area (TPSA) is 67.6 Å². The molecule has 0 unspecified atom stereocenters. The third-order valence-electron chi connectivity index (χ3n) is 1.11. The van der Waals surface area contributed by atoms with Gasteiger partial charge in [0.25, 0.3) is 0 Å². The van der Waals surface area contributed by atoms with Gasteiger partial charge in [-0.2, -0.15) is 12.6 Å². The molecule has 0 saturated carbocycles. The number of thiol groups is 1. The smallest absolute Gasteiger partial charge is 0.169 e. The Morgan fingerprint density at radius 2 is 2.73 bits per heavy atom. The third kappa shape index (κ3) is 1.86. The molecular weight excluding hydrogens is 166 g/mol. The van der Waals surface area contributed by atoms with Crippen LogP contribution < -0.4 is 11.3 Å². The molecule has 0 bridgehead atoms. The van der Waals surface area contributed by atoms with Crippen molar-refractivity contribution >= 4 is 18.9 Å². The first-order chi connectivity index (χ1) is 5.27. The van der Waals surface area contributed by atoms with Gasteiger partial charge in [0.05, 0.1) is 12.9 Å². The Balaban J connectivity index is 2.54. The summed E-state index contributed by atoms with van der Waals surface area (Å²) in [6.45, 7) is 0.267. The average Bonchev–Trinajstić information content (AvgIpc) is 2.50. The molecule has 1 aliphatic heterocycles. The van der Waals surface area contributed by atoms with Gasteiger partial charge in [0.2, 0.25) is 0 Å². The first-order valence-corrected chi connectivity index (χ1v) is 3.35. The monoisotopic (exact) mass is 174 g/mol. The van der Waals surface area contributed by atoms with E-state index in [1.165, 1.54) is 5.01 Å². The van der Waals surface area contributed by atoms with E-state index in [1.54, 1.807) is 6.20 Å². The Bertz CT molecular complexity index is 185. The third-order valence-corrected chi connectivity index (χ3v) is 1.43. The maximum absolute atomic E-state index is 10.2. The molecule has 1 radical (unpaired) electrons. The second-order valence-corrected chi connectivity index (χ2v) is 2.32. The molecule has 11 heavy (non-hydrogen) atoms. The predicted octanol–water partition coefficient (Wildman–Crippen LogP) is -0.844. The summed E-state index contributed by atoms with van der Waals surface area (Å²) in [5.41, 5.74) is 7.71. The van der Waals surface area contributed by atoms with Crippen molar-refractivity contribution in [2.24, 2.45) is 5.73 Å². The van der Waals surface area contributed by atoms with Crippen molar-refractivity contribution in [1.82, 2.24) is 10.6 Å². The SMILES string of the molecule is NCN1C=C([C](S)C=O)ON1. The largest absolute Gasteiger partial charge is 0.390 e. The van der Waals surface area contributed by atoms with E-state index >= 15 is 0 Å². The van der Waals surface area contributed by atoms with E-state index in [4.69, 9.17) is 10.6 Å². The maximum atomic E-state index is 10.2. The van der Waals surface area contributed by atoms with Gasteiger partial charge in [0.15, 0.2) is 11.0 Å². The van der Waals surface area contributed by atoms with Gasteiger partial charge < -0.3 is 15.4 Å². The highest BCUT2D eigenvalue weighted by atomic mass is 32.1. The lowest BCUT2D eigenvalue weighted by Gasteiger charge is -2.08. The van der Waals surface area contributed by atoms with Crippen LogP contribution in [-0.2, 0) is 9.63 Å². The Labute approximate surface area is 69.5 Å². The number of nitrogens with one attached hydrogen (secondary N) is 1. The number of aldehydes is 1. The van der Waals surface area contributed by atoms with E-state index in [2.05, 4.69) is 18.2 Å². The number of carbonyl (C=O) groups excluding carboxylic acids is 1. The first-order valence-electron chi connectivity index (χ1n) is 2.90. The molecule has 6 heteroatoms. The van der Waals surface area contributed by atoms with E-state index in [0.29, 0.717) is 12.0 Å². The van der Waals surface area contributed by atoms with Gasteiger partial charge in [-0.05, 0) is 0 Å². The quantitative estimate of drug-likeness (QED) is 0.384. The molecule has 0 fully saturated rings. The van der Waals surface area contributed by atoms with Gasteiger partial charge in [-0.25, -0.2) is 0 Å². The molecule has 0 aromatic rings. The number of hydrogen-bond acceptors (Lipinski definition) is 6. The van der Waals surface area contributed by atoms with Crippen LogP contribution >= 0.6 is 12.6 Å². The molecule has 1 aliphatic rings. The highest BCUT2D eigenvalue weighted by Crippen LogP contribution is 2.19. The van der Waals surface area contributed by atoms with Crippen molar-refractivity contribution in [3.05, 3.63) is 17.2 Å². The fourth-order valence-corrected chi connectivity index (χ4v) is 0.672. The summed E-state index contributed by atoms with van der Waals surface area (Å²) in [6, 6.07) is 0. The van der Waals surface area contributed by atoms with Crippen LogP contribution in [0.15, 0.2) is 12.0 Å². The number of hydrazine groups is 1. The van der Waals surface area contributed by atoms with Crippen LogP contribution in [-0.4, -0.2) is 18.0 Å². The highest BCUT2D eigenvalue weighted by molar-refractivity contribution is 7.84. The number of nitrogens with zero attached hydrogens (tertiary/aromatic N) is 1. The summed E-state index contributed by atoms with van der Waals surface area (Å²) in [4.78, 5) is 15.0. The van der Waals surface area contributed by atoms with Crippen molar-refractivity contribution in [2.75, 3.05) is 6.67 Å². The summed E-state index contributed by atoms with van der Waals surface area (Å²) in [6.07, 6.45) is 2.15. The molecule has 61 valence electrons. The maximum Gasteiger partial charge on any atom is 0.169 e. The molecule has 3 N–H and O–H groups in total. The number of carbonyl (C=O) groups is 1. The summed E-state index contributed by atoms with van der Waals surface area (Å²) in [5.74, 6) is 0.369. The van der Waals surface area contributed by atoms with Crippen molar-refractivity contribution < 1.29 is 9.63 Å². The molecule has 0 atom stereocenters. The molecule has 1 heterocycles. The molecule has 0 aromatic carbocycles. The summed E-state index contributed by atoms with van der Waals surface area (Å²) in [7, 11) is 0. The van der Waals surface area contributed by atoms with E-state index in [0.717, 1.165) is 0 Å². The zero-order chi connectivity index (χ0) is 8.27. The number of nitrogens with two attached hydrogens (primary N) is 1. The van der Waals surface area contributed by atoms with Crippen LogP contribution in [0.4, 0.5) is 0 Å². The lowest BCUT2D eigenvalue weighted by Crippen LogP contribution is -2.32.